The zero-order valence-corrected chi connectivity index (χ0v) is 19.2. The predicted molar refractivity (Wildman–Crippen MR) is 122 cm³/mol. The van der Waals surface area contributed by atoms with Crippen molar-refractivity contribution in [3.8, 4) is 11.3 Å². The standard InChI is InChI=1S/C27H36N/c1-17(2)12-21-10-11-23-24(14-21)19(4)16-28(9)26(23)25-15-22(27(6,7)8)13-18(3)20(25)5/h10-11,13-17H,12H2,1-9H3/q+1. The molecule has 0 saturated carbocycles. The van der Waals surface area contributed by atoms with Crippen molar-refractivity contribution in [3.63, 3.8) is 0 Å². The third kappa shape index (κ3) is 3.85. The Balaban J connectivity index is 2.34. The van der Waals surface area contributed by atoms with E-state index in [1.54, 1.807) is 0 Å². The van der Waals surface area contributed by atoms with Crippen LogP contribution in [0.15, 0.2) is 36.5 Å². The first-order chi connectivity index (χ1) is 13.0. The fourth-order valence-corrected chi connectivity index (χ4v) is 4.21. The smallest absolute Gasteiger partial charge is 0.200 e. The maximum atomic E-state index is 2.41. The molecular formula is C27H36N+. The highest BCUT2D eigenvalue weighted by atomic mass is 14.9. The highest BCUT2D eigenvalue weighted by Gasteiger charge is 2.23. The summed E-state index contributed by atoms with van der Waals surface area (Å²) >= 11 is 0. The third-order valence-corrected chi connectivity index (χ3v) is 5.94. The Morgan fingerprint density at radius 2 is 1.57 bits per heavy atom. The molecule has 0 amide bonds. The van der Waals surface area contributed by atoms with E-state index in [0.717, 1.165) is 6.42 Å². The molecule has 1 aromatic heterocycles. The van der Waals surface area contributed by atoms with Crippen molar-refractivity contribution in [2.75, 3.05) is 0 Å². The molecule has 0 atom stereocenters. The van der Waals surface area contributed by atoms with Gasteiger partial charge in [-0.3, -0.25) is 0 Å². The normalized spacial score (nSPS) is 12.2. The molecule has 0 radical (unpaired) electrons. The second-order valence-electron chi connectivity index (χ2n) is 9.97. The van der Waals surface area contributed by atoms with E-state index in [4.69, 9.17) is 0 Å². The van der Waals surface area contributed by atoms with Gasteiger partial charge in [-0.05, 0) is 78.3 Å². The van der Waals surface area contributed by atoms with E-state index in [1.165, 1.54) is 49.8 Å². The van der Waals surface area contributed by atoms with Crippen LogP contribution in [0, 0.1) is 26.7 Å². The molecule has 28 heavy (non-hydrogen) atoms. The molecule has 1 nitrogen and oxygen atoms in total. The van der Waals surface area contributed by atoms with Gasteiger partial charge in [0.05, 0.1) is 10.9 Å². The molecule has 1 heterocycles. The summed E-state index contributed by atoms with van der Waals surface area (Å²) in [5.41, 5.74) is 9.73. The minimum Gasteiger partial charge on any atom is -0.200 e. The van der Waals surface area contributed by atoms with E-state index in [-0.39, 0.29) is 5.41 Å². The summed E-state index contributed by atoms with van der Waals surface area (Å²) < 4.78 is 2.31. The van der Waals surface area contributed by atoms with Gasteiger partial charge in [0, 0.05) is 5.56 Å². The second kappa shape index (κ2) is 7.35. The maximum absolute atomic E-state index is 2.41. The van der Waals surface area contributed by atoms with Crippen molar-refractivity contribution in [3.05, 3.63) is 64.3 Å². The summed E-state index contributed by atoms with van der Waals surface area (Å²) in [6, 6.07) is 11.8. The molecule has 0 saturated heterocycles. The lowest BCUT2D eigenvalue weighted by Gasteiger charge is -2.22. The lowest BCUT2D eigenvalue weighted by atomic mass is 9.82. The molecule has 0 fully saturated rings. The summed E-state index contributed by atoms with van der Waals surface area (Å²) in [5.74, 6) is 0.672. The molecule has 0 unspecified atom stereocenters. The van der Waals surface area contributed by atoms with Gasteiger partial charge in [0.15, 0.2) is 6.20 Å². The quantitative estimate of drug-likeness (QED) is 0.446. The number of pyridine rings is 1. The van der Waals surface area contributed by atoms with Crippen LogP contribution in [0.1, 0.15) is 62.4 Å². The first-order valence-corrected chi connectivity index (χ1v) is 10.5. The Hall–Kier alpha value is -2.15. The van der Waals surface area contributed by atoms with Gasteiger partial charge < -0.3 is 0 Å². The number of hydrogen-bond acceptors (Lipinski definition) is 0. The Kier molecular flexibility index (Phi) is 5.40. The largest absolute Gasteiger partial charge is 0.220 e. The first kappa shape index (κ1) is 20.6. The van der Waals surface area contributed by atoms with Crippen molar-refractivity contribution in [2.45, 2.75) is 67.2 Å². The van der Waals surface area contributed by atoms with Crippen LogP contribution in [0.25, 0.3) is 22.0 Å². The number of rotatable bonds is 3. The van der Waals surface area contributed by atoms with Crippen LogP contribution in [-0.4, -0.2) is 0 Å². The van der Waals surface area contributed by atoms with Crippen molar-refractivity contribution in [2.24, 2.45) is 13.0 Å². The van der Waals surface area contributed by atoms with Crippen LogP contribution >= 0.6 is 0 Å². The molecule has 3 aromatic rings. The van der Waals surface area contributed by atoms with Crippen LogP contribution < -0.4 is 4.57 Å². The van der Waals surface area contributed by atoms with Gasteiger partial charge in [-0.1, -0.05) is 52.8 Å². The van der Waals surface area contributed by atoms with E-state index >= 15 is 0 Å². The molecule has 148 valence electrons. The molecule has 0 aliphatic carbocycles. The average molecular weight is 375 g/mol. The van der Waals surface area contributed by atoms with Gasteiger partial charge in [-0.2, -0.15) is 0 Å². The van der Waals surface area contributed by atoms with E-state index in [0.29, 0.717) is 5.92 Å². The lowest BCUT2D eigenvalue weighted by Crippen LogP contribution is -2.32. The summed E-state index contributed by atoms with van der Waals surface area (Å²) in [4.78, 5) is 0. The Bertz CT molecular complexity index is 1030. The summed E-state index contributed by atoms with van der Waals surface area (Å²) in [6.45, 7) is 18.2. The molecular weight excluding hydrogens is 338 g/mol. The Labute approximate surface area is 171 Å². The van der Waals surface area contributed by atoms with Gasteiger partial charge >= 0.3 is 0 Å². The zero-order chi connectivity index (χ0) is 20.8. The summed E-state index contributed by atoms with van der Waals surface area (Å²) in [6.07, 6.45) is 3.42. The molecule has 0 spiro atoms. The lowest BCUT2D eigenvalue weighted by molar-refractivity contribution is -0.659. The fraction of sp³-hybridized carbons (Fsp3) is 0.444. The van der Waals surface area contributed by atoms with Gasteiger partial charge in [0.1, 0.15) is 7.05 Å². The fourth-order valence-electron chi connectivity index (χ4n) is 4.21. The molecule has 2 aromatic carbocycles. The monoisotopic (exact) mass is 374 g/mol. The molecule has 0 N–H and O–H groups in total. The predicted octanol–water partition coefficient (Wildman–Crippen LogP) is 6.75. The number of fused-ring (bicyclic) bond motifs is 1. The highest BCUT2D eigenvalue weighted by Crippen LogP contribution is 2.35. The van der Waals surface area contributed by atoms with E-state index in [2.05, 4.69) is 104 Å². The summed E-state index contributed by atoms with van der Waals surface area (Å²) in [5, 5.41) is 2.73. The van der Waals surface area contributed by atoms with Crippen LogP contribution in [0.3, 0.4) is 0 Å². The number of nitrogens with zero attached hydrogens (tertiary/aromatic N) is 1. The zero-order valence-electron chi connectivity index (χ0n) is 19.2. The van der Waals surface area contributed by atoms with Crippen LogP contribution in [0.4, 0.5) is 0 Å². The number of hydrogen-bond donors (Lipinski definition) is 0. The topological polar surface area (TPSA) is 3.88 Å². The molecule has 0 bridgehead atoms. The Morgan fingerprint density at radius 3 is 2.18 bits per heavy atom. The van der Waals surface area contributed by atoms with Crippen molar-refractivity contribution in [1.29, 1.82) is 0 Å². The van der Waals surface area contributed by atoms with Crippen molar-refractivity contribution >= 4 is 10.8 Å². The molecule has 0 aliphatic heterocycles. The number of benzene rings is 2. The van der Waals surface area contributed by atoms with Gasteiger partial charge in [0.25, 0.3) is 0 Å². The van der Waals surface area contributed by atoms with Gasteiger partial charge in [-0.15, -0.1) is 0 Å². The number of aryl methyl sites for hydroxylation is 3. The minimum atomic E-state index is 0.136. The van der Waals surface area contributed by atoms with Crippen molar-refractivity contribution < 1.29 is 4.57 Å². The van der Waals surface area contributed by atoms with Gasteiger partial charge in [0.2, 0.25) is 5.69 Å². The van der Waals surface area contributed by atoms with E-state index in [9.17, 15) is 0 Å². The van der Waals surface area contributed by atoms with Gasteiger partial charge in [-0.25, -0.2) is 4.57 Å². The van der Waals surface area contributed by atoms with Crippen LogP contribution in [-0.2, 0) is 18.9 Å². The van der Waals surface area contributed by atoms with E-state index in [1.807, 2.05) is 0 Å². The van der Waals surface area contributed by atoms with E-state index < -0.39 is 0 Å². The maximum Gasteiger partial charge on any atom is 0.220 e. The summed E-state index contributed by atoms with van der Waals surface area (Å²) in [7, 11) is 2.18. The first-order valence-electron chi connectivity index (χ1n) is 10.5. The van der Waals surface area contributed by atoms with Crippen LogP contribution in [0.5, 0.6) is 0 Å². The number of aromatic nitrogens is 1. The Morgan fingerprint density at radius 1 is 0.893 bits per heavy atom. The SMILES string of the molecule is Cc1cc(C(C)(C)C)cc(-c2c3ccc(CC(C)C)cc3c(C)c[n+]2C)c1C. The molecule has 0 aliphatic rings. The average Bonchev–Trinajstić information content (AvgIpc) is 2.57. The minimum absolute atomic E-state index is 0.136. The highest BCUT2D eigenvalue weighted by molar-refractivity contribution is 5.96. The second-order valence-corrected chi connectivity index (χ2v) is 9.97. The molecule has 3 rings (SSSR count). The van der Waals surface area contributed by atoms with Crippen LogP contribution in [0.2, 0.25) is 0 Å². The van der Waals surface area contributed by atoms with Crippen molar-refractivity contribution in [1.82, 2.24) is 0 Å². The molecule has 1 heteroatoms. The third-order valence-electron chi connectivity index (χ3n) is 5.94.